The molecule has 0 N–H and O–H groups in total. The third-order valence-corrected chi connectivity index (χ3v) is 22.4. The van der Waals surface area contributed by atoms with E-state index in [4.69, 9.17) is 16.4 Å². The number of pyridine rings is 6. The monoisotopic (exact) mass is 1450 g/mol. The van der Waals surface area contributed by atoms with Crippen LogP contribution in [0.5, 0.6) is 0 Å². The largest absolute Gasteiger partial charge is 0.216 e. The molecule has 0 fully saturated rings. The first-order valence-electron chi connectivity index (χ1n) is 45.1. The molecule has 16 rings (SSSR count). The van der Waals surface area contributed by atoms with Gasteiger partial charge in [0, 0.05) is 120 Å². The van der Waals surface area contributed by atoms with Crippen molar-refractivity contribution in [1.29, 1.82) is 0 Å². The highest BCUT2D eigenvalue weighted by Gasteiger charge is 2.28. The third-order valence-electron chi connectivity index (χ3n) is 22.4. The quantitative estimate of drug-likeness (QED) is 0.122. The zero-order valence-corrected chi connectivity index (χ0v) is 67.4. The number of aromatic nitrogens is 6. The van der Waals surface area contributed by atoms with Crippen LogP contribution in [0.25, 0.3) is 67.5 Å². The van der Waals surface area contributed by atoms with E-state index in [-0.39, 0.29) is 22.3 Å². The van der Waals surface area contributed by atoms with Gasteiger partial charge in [0.2, 0.25) is 34.2 Å². The maximum Gasteiger partial charge on any atom is 0.216 e. The lowest BCUT2D eigenvalue weighted by molar-refractivity contribution is -0.661. The Morgan fingerprint density at radius 3 is 1.04 bits per heavy atom. The van der Waals surface area contributed by atoms with Gasteiger partial charge in [0.1, 0.15) is 42.3 Å². The fourth-order valence-electron chi connectivity index (χ4n) is 16.3. The second kappa shape index (κ2) is 36.9. The molecule has 6 heteroatoms. The van der Waals surface area contributed by atoms with Gasteiger partial charge in [-0.2, -0.15) is 0 Å². The van der Waals surface area contributed by atoms with Crippen LogP contribution >= 0.6 is 0 Å². The van der Waals surface area contributed by atoms with Crippen molar-refractivity contribution in [2.45, 2.75) is 197 Å². The molecule has 6 heterocycles. The standard InChI is InChI=1S/2C18H24N.2C17H20N.2C16H18N/c1-6-15-12-19(5)18(11-17(15)13(2)3)16-10-8-7-9-14(16)4;1-6-15-11-18(16-10-8-7-9-14(16)4)19(5)12-17(15)13(2)3;1-13-7-3-6-10-16(13)17-11-14-8-4-5-9-15(14)12-18(17)2;1-13-7-3-5-9-15(13)17-16-10-6-4-8-14(16)11-12-18(17)2;1-12-6-3-4-9-15(12)16-10-13-7-5-8-14(13)11-17(16)2;1-12-6-3-4-8-14(12)16-15-9-5-7-13(15)10-11-17(16)2/h2*7-13H,6H2,1-5H3;3,6-7,10-12H,4-5,8-9H2,1-2H3;3,5,7,9,11-12H,4,6,8,10H2,1-2H3;3-4,6,9-11H,5,7-8H2,1-2H3;3-4,6,8,10-11H,5,7,9H2,1-2H3/q6*+1/i2*2D3,6D2,13D;;;;. The number of hydrogen-bond acceptors (Lipinski definition) is 0. The summed E-state index contributed by atoms with van der Waals surface area (Å²) in [7, 11) is 12.2. The van der Waals surface area contributed by atoms with Gasteiger partial charge in [-0.15, -0.1) is 0 Å². The molecule has 4 aliphatic rings. The molecule has 0 saturated heterocycles. The van der Waals surface area contributed by atoms with Crippen LogP contribution in [-0.4, -0.2) is 0 Å². The van der Waals surface area contributed by atoms with Gasteiger partial charge in [-0.3, -0.25) is 0 Å². The second-order valence-electron chi connectivity index (χ2n) is 30.2. The van der Waals surface area contributed by atoms with Crippen LogP contribution in [0.3, 0.4) is 0 Å². The highest BCUT2D eigenvalue weighted by atomic mass is 14.9. The van der Waals surface area contributed by atoms with Crippen LogP contribution in [0.2, 0.25) is 0 Å². The molecule has 0 amide bonds. The van der Waals surface area contributed by atoms with Crippen molar-refractivity contribution < 1.29 is 43.9 Å². The van der Waals surface area contributed by atoms with E-state index in [1.54, 1.807) is 86.7 Å². The van der Waals surface area contributed by atoms with E-state index in [0.717, 1.165) is 33.6 Å². The molecular weight excluding hydrogens is 1310 g/mol. The van der Waals surface area contributed by atoms with Crippen molar-refractivity contribution >= 4 is 0 Å². The number of benzene rings is 6. The van der Waals surface area contributed by atoms with Gasteiger partial charge >= 0.3 is 0 Å². The van der Waals surface area contributed by atoms with Crippen LogP contribution in [0.4, 0.5) is 0 Å². The Hall–Kier alpha value is -9.78. The van der Waals surface area contributed by atoms with E-state index in [0.29, 0.717) is 0 Å². The number of aryl methyl sites for hydroxylation is 20. The number of fused-ring (bicyclic) bond motifs is 4. The molecule has 6 nitrogen and oxygen atoms in total. The minimum atomic E-state index is -2.57. The molecular formula is C102H124N6+6. The van der Waals surface area contributed by atoms with Gasteiger partial charge in [0.05, 0.1) is 0 Å². The summed E-state index contributed by atoms with van der Waals surface area (Å²) in [5.74, 6) is -3.83. The molecule has 0 radical (unpaired) electrons. The van der Waals surface area contributed by atoms with Crippen molar-refractivity contribution in [3.63, 3.8) is 0 Å². The Morgan fingerprint density at radius 1 is 0.315 bits per heavy atom. The van der Waals surface area contributed by atoms with Crippen LogP contribution in [0.1, 0.15) is 208 Å². The lowest BCUT2D eigenvalue weighted by Gasteiger charge is -2.17. The van der Waals surface area contributed by atoms with E-state index in [2.05, 4.69) is 220 Å². The number of hydrogen-bond donors (Lipinski definition) is 0. The van der Waals surface area contributed by atoms with Crippen LogP contribution in [0, 0.1) is 41.5 Å². The molecule has 2 unspecified atom stereocenters. The fourth-order valence-corrected chi connectivity index (χ4v) is 16.3. The summed E-state index contributed by atoms with van der Waals surface area (Å²) in [6, 6.07) is 62.9. The van der Waals surface area contributed by atoms with Crippen molar-refractivity contribution in [2.75, 3.05) is 0 Å². The van der Waals surface area contributed by atoms with Gasteiger partial charge < -0.3 is 0 Å². The summed E-state index contributed by atoms with van der Waals surface area (Å²) in [5, 5.41) is 0. The van der Waals surface area contributed by atoms with Crippen LogP contribution in [0.15, 0.2) is 219 Å². The molecule has 4 aliphatic carbocycles. The third kappa shape index (κ3) is 18.7. The molecule has 0 aliphatic heterocycles. The Kier molecular flexibility index (Phi) is 21.9. The Bertz CT molecular complexity index is 5680. The van der Waals surface area contributed by atoms with Gasteiger partial charge in [0.25, 0.3) is 0 Å². The van der Waals surface area contributed by atoms with Gasteiger partial charge in [-0.05, 0) is 259 Å². The minimum absolute atomic E-state index is 0.180. The van der Waals surface area contributed by atoms with E-state index in [1.807, 2.05) is 62.4 Å². The van der Waals surface area contributed by atoms with Crippen molar-refractivity contribution in [2.24, 2.45) is 42.3 Å². The molecule has 556 valence electrons. The van der Waals surface area contributed by atoms with E-state index >= 15 is 0 Å². The van der Waals surface area contributed by atoms with Gasteiger partial charge in [-0.1, -0.05) is 151 Å². The minimum Gasteiger partial charge on any atom is -0.201 e. The van der Waals surface area contributed by atoms with E-state index < -0.39 is 38.2 Å². The zero-order chi connectivity index (χ0) is 87.1. The predicted molar refractivity (Wildman–Crippen MR) is 451 cm³/mol. The molecule has 2 atom stereocenters. The highest BCUT2D eigenvalue weighted by molar-refractivity contribution is 5.69. The second-order valence-corrected chi connectivity index (χ2v) is 30.2. The first kappa shape index (κ1) is 64.2. The van der Waals surface area contributed by atoms with Crippen LogP contribution < -0.4 is 27.4 Å². The molecule has 0 spiro atoms. The summed E-state index contributed by atoms with van der Waals surface area (Å²) in [6.07, 6.45) is 26.6. The van der Waals surface area contributed by atoms with Crippen molar-refractivity contribution in [3.8, 4) is 67.5 Å². The summed E-state index contributed by atoms with van der Waals surface area (Å²) >= 11 is 0. The zero-order valence-electron chi connectivity index (χ0n) is 79.4. The van der Waals surface area contributed by atoms with Crippen LogP contribution in [-0.2, 0) is 106 Å². The summed E-state index contributed by atoms with van der Waals surface area (Å²) in [4.78, 5) is 0. The average Bonchev–Trinajstić information content (AvgIpc) is 0.922. The number of nitrogens with zero attached hydrogens (tertiary/aromatic N) is 6. The Balaban J connectivity index is 0.000000142. The summed E-state index contributed by atoms with van der Waals surface area (Å²) < 4.78 is 109. The lowest BCUT2D eigenvalue weighted by Crippen LogP contribution is -2.33. The lowest BCUT2D eigenvalue weighted by atomic mass is 9.88. The first-order valence-corrected chi connectivity index (χ1v) is 39.1. The fraction of sp³-hybridized carbons (Fsp3) is 0.353. The summed E-state index contributed by atoms with van der Waals surface area (Å²) in [6.45, 7) is 13.0. The normalized spacial score (nSPS) is 16.2. The van der Waals surface area contributed by atoms with Crippen molar-refractivity contribution in [1.82, 2.24) is 0 Å². The van der Waals surface area contributed by atoms with Gasteiger partial charge in [0.15, 0.2) is 37.2 Å². The predicted octanol–water partition coefficient (Wildman–Crippen LogP) is 21.0. The summed E-state index contributed by atoms with van der Waals surface area (Å²) in [5.41, 5.74) is 35.1. The molecule has 12 aromatic rings. The van der Waals surface area contributed by atoms with Gasteiger partial charge in [-0.25, -0.2) is 27.4 Å². The SMILES string of the molecule is Cc1ccccc1-c1c2c(cc[n+]1C)CCC2.Cc1ccccc1-c1c2c(cc[n+]1C)CCCC2.Cc1ccccc1-c1cc2c(c[n+]1C)CCC2.Cc1ccccc1-c1cc2c(c[n+]1C)CCCC2.[2H]C([2H])(C)c1c[n+](C)c(-c2ccccc2C)cc1C([2H])(C)C([2H])([2H])[2H].[2H]C([2H])(C)c1cc(-c2ccccc2C)[n+](C)cc1C([2H])(C)C([2H])([2H])[2H]. The molecule has 0 bridgehead atoms. The van der Waals surface area contributed by atoms with E-state index in [9.17, 15) is 0 Å². The molecule has 0 saturated carbocycles. The molecule has 6 aromatic heterocycles. The topological polar surface area (TPSA) is 23.3 Å². The molecule has 6 aromatic carbocycles. The Morgan fingerprint density at radius 2 is 0.620 bits per heavy atom. The number of rotatable bonds is 10. The van der Waals surface area contributed by atoms with E-state index in [1.165, 1.54) is 190 Å². The maximum atomic E-state index is 8.48. The molecule has 108 heavy (non-hydrogen) atoms. The average molecular weight is 1450 g/mol. The highest BCUT2D eigenvalue weighted by Crippen LogP contribution is 2.35. The smallest absolute Gasteiger partial charge is 0.201 e. The maximum absolute atomic E-state index is 8.48. The first-order chi connectivity index (χ1) is 56.6. The Labute approximate surface area is 667 Å². The van der Waals surface area contributed by atoms with Crippen molar-refractivity contribution in [3.05, 3.63) is 319 Å².